The average Bonchev–Trinajstić information content (AvgIpc) is 3.32. The van der Waals surface area contributed by atoms with Crippen LogP contribution in [0.5, 0.6) is 0 Å². The Balaban J connectivity index is 1.37. The van der Waals surface area contributed by atoms with Crippen LogP contribution in [-0.4, -0.2) is 51.8 Å². The predicted octanol–water partition coefficient (Wildman–Crippen LogP) is 5.00. The molecular formula is C25H29ClN4OS. The molecule has 32 heavy (non-hydrogen) atoms. The SMILES string of the molecule is CC(=O)N1CCN(c2ccc(SC(CCc3ccc(Cl)cc3)Cn3ccnc3)cc2)CC1. The Morgan fingerprint density at radius 3 is 2.41 bits per heavy atom. The number of aryl methyl sites for hydroxylation is 1. The lowest BCUT2D eigenvalue weighted by atomic mass is 10.1. The van der Waals surface area contributed by atoms with Crippen LogP contribution in [0.4, 0.5) is 5.69 Å². The quantitative estimate of drug-likeness (QED) is 0.436. The van der Waals surface area contributed by atoms with Crippen LogP contribution < -0.4 is 4.90 Å². The van der Waals surface area contributed by atoms with Crippen molar-refractivity contribution in [2.45, 2.75) is 36.5 Å². The van der Waals surface area contributed by atoms with E-state index in [1.807, 2.05) is 47.5 Å². The number of amides is 1. The van der Waals surface area contributed by atoms with Crippen LogP contribution in [0.1, 0.15) is 18.9 Å². The van der Waals surface area contributed by atoms with Crippen LogP contribution >= 0.6 is 23.4 Å². The van der Waals surface area contributed by atoms with E-state index < -0.39 is 0 Å². The molecule has 3 aromatic rings. The Morgan fingerprint density at radius 2 is 1.78 bits per heavy atom. The van der Waals surface area contributed by atoms with Crippen LogP contribution in [0.2, 0.25) is 5.02 Å². The smallest absolute Gasteiger partial charge is 0.219 e. The fourth-order valence-electron chi connectivity index (χ4n) is 4.00. The highest BCUT2D eigenvalue weighted by Gasteiger charge is 2.19. The van der Waals surface area contributed by atoms with E-state index in [0.29, 0.717) is 5.25 Å². The van der Waals surface area contributed by atoms with Crippen molar-refractivity contribution in [2.24, 2.45) is 0 Å². The Bertz CT molecular complexity index is 984. The average molecular weight is 469 g/mol. The topological polar surface area (TPSA) is 41.4 Å². The minimum atomic E-state index is 0.166. The van der Waals surface area contributed by atoms with Crippen molar-refractivity contribution in [1.82, 2.24) is 14.5 Å². The Kier molecular flexibility index (Phi) is 7.76. The molecule has 1 atom stereocenters. The molecule has 1 unspecified atom stereocenters. The van der Waals surface area contributed by atoms with Crippen molar-refractivity contribution >= 4 is 35.0 Å². The van der Waals surface area contributed by atoms with E-state index in [4.69, 9.17) is 11.6 Å². The van der Waals surface area contributed by atoms with Crippen LogP contribution in [0.15, 0.2) is 72.1 Å². The third-order valence-corrected chi connectivity index (χ3v) is 7.39. The third kappa shape index (κ3) is 6.30. The molecule has 1 aromatic heterocycles. The molecule has 2 aromatic carbocycles. The minimum Gasteiger partial charge on any atom is -0.368 e. The maximum atomic E-state index is 11.6. The van der Waals surface area contributed by atoms with Gasteiger partial charge in [-0.05, 0) is 54.8 Å². The first-order valence-corrected chi connectivity index (χ1v) is 12.3. The summed E-state index contributed by atoms with van der Waals surface area (Å²) in [6, 6.07) is 17.0. The summed E-state index contributed by atoms with van der Waals surface area (Å²) in [5.41, 5.74) is 2.54. The lowest BCUT2D eigenvalue weighted by Crippen LogP contribution is -2.48. The molecule has 1 aliphatic rings. The first-order valence-electron chi connectivity index (χ1n) is 11.0. The van der Waals surface area contributed by atoms with Gasteiger partial charge >= 0.3 is 0 Å². The maximum Gasteiger partial charge on any atom is 0.219 e. The number of anilines is 1. The van der Waals surface area contributed by atoms with Gasteiger partial charge in [-0.25, -0.2) is 4.98 Å². The number of thioether (sulfide) groups is 1. The largest absolute Gasteiger partial charge is 0.368 e. The van der Waals surface area contributed by atoms with Crippen molar-refractivity contribution in [3.63, 3.8) is 0 Å². The fraction of sp³-hybridized carbons (Fsp3) is 0.360. The monoisotopic (exact) mass is 468 g/mol. The Hall–Kier alpha value is -2.44. The molecule has 1 aliphatic heterocycles. The van der Waals surface area contributed by atoms with Crippen molar-refractivity contribution in [3.8, 4) is 0 Å². The van der Waals surface area contributed by atoms with Gasteiger partial charge in [0.05, 0.1) is 6.33 Å². The van der Waals surface area contributed by atoms with E-state index in [0.717, 1.165) is 50.6 Å². The summed E-state index contributed by atoms with van der Waals surface area (Å²) in [5.74, 6) is 0.166. The predicted molar refractivity (Wildman–Crippen MR) is 133 cm³/mol. The molecule has 0 bridgehead atoms. The highest BCUT2D eigenvalue weighted by molar-refractivity contribution is 8.00. The molecule has 0 spiro atoms. The molecule has 5 nitrogen and oxygen atoms in total. The number of nitrogens with zero attached hydrogens (tertiary/aromatic N) is 4. The molecule has 0 saturated carbocycles. The van der Waals surface area contributed by atoms with Gasteiger partial charge in [0.2, 0.25) is 5.91 Å². The standard InChI is InChI=1S/C25H29ClN4OS/c1-20(31)29-14-16-30(17-15-29)23-7-10-24(11-8-23)32-25(18-28-13-12-27-19-28)9-4-21-2-5-22(26)6-3-21/h2-3,5-8,10-13,19,25H,4,9,14-18H2,1H3. The van der Waals surface area contributed by atoms with Gasteiger partial charge in [0.1, 0.15) is 0 Å². The second kappa shape index (κ2) is 10.9. The van der Waals surface area contributed by atoms with Crippen molar-refractivity contribution in [2.75, 3.05) is 31.1 Å². The Labute approximate surface area is 199 Å². The summed E-state index contributed by atoms with van der Waals surface area (Å²) in [4.78, 5) is 21.3. The molecule has 0 aliphatic carbocycles. The molecule has 168 valence electrons. The summed E-state index contributed by atoms with van der Waals surface area (Å²) < 4.78 is 2.16. The molecular weight excluding hydrogens is 440 g/mol. The molecule has 4 rings (SSSR count). The summed E-state index contributed by atoms with van der Waals surface area (Å²) >= 11 is 7.95. The van der Waals surface area contributed by atoms with Gasteiger partial charge in [0.25, 0.3) is 0 Å². The number of hydrogen-bond acceptors (Lipinski definition) is 4. The first kappa shape index (κ1) is 22.7. The van der Waals surface area contributed by atoms with E-state index in [1.165, 1.54) is 16.1 Å². The van der Waals surface area contributed by atoms with E-state index in [1.54, 1.807) is 6.92 Å². The van der Waals surface area contributed by atoms with Gasteiger partial charge < -0.3 is 14.4 Å². The van der Waals surface area contributed by atoms with E-state index in [2.05, 4.69) is 50.8 Å². The molecule has 2 heterocycles. The van der Waals surface area contributed by atoms with Gasteiger partial charge in [-0.1, -0.05) is 23.7 Å². The number of hydrogen-bond donors (Lipinski definition) is 0. The summed E-state index contributed by atoms with van der Waals surface area (Å²) in [5, 5.41) is 1.21. The fourth-order valence-corrected chi connectivity index (χ4v) is 5.29. The zero-order chi connectivity index (χ0) is 22.3. The highest BCUT2D eigenvalue weighted by atomic mass is 35.5. The van der Waals surface area contributed by atoms with E-state index in [-0.39, 0.29) is 5.91 Å². The highest BCUT2D eigenvalue weighted by Crippen LogP contribution is 2.30. The van der Waals surface area contributed by atoms with Crippen LogP contribution in [-0.2, 0) is 17.8 Å². The number of carbonyl (C=O) groups excluding carboxylic acids is 1. The van der Waals surface area contributed by atoms with Gasteiger partial charge in [0, 0.05) is 72.9 Å². The number of benzene rings is 2. The number of piperazine rings is 1. The summed E-state index contributed by atoms with van der Waals surface area (Å²) in [6.45, 7) is 5.93. The molecule has 0 radical (unpaired) electrons. The molecule has 1 fully saturated rings. The molecule has 0 N–H and O–H groups in total. The third-order valence-electron chi connectivity index (χ3n) is 5.87. The summed E-state index contributed by atoms with van der Waals surface area (Å²) in [7, 11) is 0. The second-order valence-corrected chi connectivity index (χ2v) is 9.96. The van der Waals surface area contributed by atoms with Crippen LogP contribution in [0.3, 0.4) is 0 Å². The number of carbonyl (C=O) groups is 1. The second-order valence-electron chi connectivity index (χ2n) is 8.15. The number of rotatable bonds is 8. The number of aromatic nitrogens is 2. The zero-order valence-electron chi connectivity index (χ0n) is 18.4. The number of halogens is 1. The molecule has 7 heteroatoms. The van der Waals surface area contributed by atoms with Crippen molar-refractivity contribution < 1.29 is 4.79 Å². The molecule has 1 saturated heterocycles. The number of imidazole rings is 1. The van der Waals surface area contributed by atoms with Gasteiger partial charge in [-0.3, -0.25) is 4.79 Å². The van der Waals surface area contributed by atoms with E-state index >= 15 is 0 Å². The summed E-state index contributed by atoms with van der Waals surface area (Å²) in [6.07, 6.45) is 7.84. The van der Waals surface area contributed by atoms with Crippen LogP contribution in [0.25, 0.3) is 0 Å². The van der Waals surface area contributed by atoms with Gasteiger partial charge in [0.15, 0.2) is 0 Å². The lowest BCUT2D eigenvalue weighted by Gasteiger charge is -2.35. The van der Waals surface area contributed by atoms with Crippen molar-refractivity contribution in [1.29, 1.82) is 0 Å². The normalized spacial score (nSPS) is 15.1. The van der Waals surface area contributed by atoms with Crippen molar-refractivity contribution in [3.05, 3.63) is 77.8 Å². The van der Waals surface area contributed by atoms with Gasteiger partial charge in [-0.2, -0.15) is 0 Å². The lowest BCUT2D eigenvalue weighted by molar-refractivity contribution is -0.129. The first-order chi connectivity index (χ1) is 15.6. The minimum absolute atomic E-state index is 0.166. The maximum absolute atomic E-state index is 11.6. The van der Waals surface area contributed by atoms with Crippen LogP contribution in [0, 0.1) is 0 Å². The van der Waals surface area contributed by atoms with Gasteiger partial charge in [-0.15, -0.1) is 11.8 Å². The van der Waals surface area contributed by atoms with E-state index in [9.17, 15) is 4.79 Å². The zero-order valence-corrected chi connectivity index (χ0v) is 19.9. The Morgan fingerprint density at radius 1 is 1.06 bits per heavy atom. The molecule has 1 amide bonds.